The topological polar surface area (TPSA) is 72.3 Å². The highest BCUT2D eigenvalue weighted by Gasteiger charge is 2.19. The zero-order valence-corrected chi connectivity index (χ0v) is 6.39. The van der Waals surface area contributed by atoms with Crippen molar-refractivity contribution in [2.24, 2.45) is 0 Å². The maximum Gasteiger partial charge on any atom is 0.339 e. The third-order valence-corrected chi connectivity index (χ3v) is 1.29. The molecule has 1 aromatic rings. The van der Waals surface area contributed by atoms with Gasteiger partial charge in [0.2, 0.25) is 0 Å². The Balaban J connectivity index is 2.88. The van der Waals surface area contributed by atoms with E-state index in [0.717, 1.165) is 0 Å². The number of methoxy groups -OCH3 is 1. The number of aliphatic carboxylic acids is 1. The van der Waals surface area contributed by atoms with Crippen molar-refractivity contribution in [1.29, 1.82) is 0 Å². The minimum absolute atomic E-state index is 0.292. The van der Waals surface area contributed by atoms with Gasteiger partial charge in [-0.15, -0.1) is 0 Å². The summed E-state index contributed by atoms with van der Waals surface area (Å²) in [6, 6.07) is 1.47. The second-order valence-electron chi connectivity index (χ2n) is 2.04. The number of ether oxygens (including phenoxy) is 1. The molecular formula is C7H7N2O3. The van der Waals surface area contributed by atoms with E-state index < -0.39 is 12.1 Å². The van der Waals surface area contributed by atoms with Crippen molar-refractivity contribution in [1.82, 2.24) is 9.97 Å². The minimum Gasteiger partial charge on any atom is -0.479 e. The van der Waals surface area contributed by atoms with E-state index in [2.05, 4.69) is 21.0 Å². The summed E-state index contributed by atoms with van der Waals surface area (Å²) in [5, 5.41) is 8.63. The van der Waals surface area contributed by atoms with Gasteiger partial charge in [0, 0.05) is 13.3 Å². The van der Waals surface area contributed by atoms with Crippen LogP contribution < -0.4 is 0 Å². The highest BCUT2D eigenvalue weighted by atomic mass is 16.5. The van der Waals surface area contributed by atoms with Crippen LogP contribution in [0.5, 0.6) is 0 Å². The van der Waals surface area contributed by atoms with Crippen LogP contribution in [0.2, 0.25) is 0 Å². The smallest absolute Gasteiger partial charge is 0.339 e. The molecule has 5 heteroatoms. The number of hydrogen-bond donors (Lipinski definition) is 1. The van der Waals surface area contributed by atoms with E-state index in [1.807, 2.05) is 0 Å². The van der Waals surface area contributed by atoms with Gasteiger partial charge in [-0.3, -0.25) is 0 Å². The van der Waals surface area contributed by atoms with E-state index in [1.54, 1.807) is 0 Å². The Morgan fingerprint density at radius 1 is 1.83 bits per heavy atom. The van der Waals surface area contributed by atoms with Gasteiger partial charge in [-0.25, -0.2) is 14.8 Å². The summed E-state index contributed by atoms with van der Waals surface area (Å²) in [5.41, 5.74) is 0.292. The normalized spacial score (nSPS) is 12.4. The zero-order chi connectivity index (χ0) is 8.97. The lowest BCUT2D eigenvalue weighted by atomic mass is 10.2. The van der Waals surface area contributed by atoms with Crippen LogP contribution in [0.15, 0.2) is 12.3 Å². The van der Waals surface area contributed by atoms with Gasteiger partial charge >= 0.3 is 5.97 Å². The van der Waals surface area contributed by atoms with Crippen molar-refractivity contribution >= 4 is 5.97 Å². The van der Waals surface area contributed by atoms with Crippen LogP contribution in [0.4, 0.5) is 0 Å². The first kappa shape index (κ1) is 8.61. The van der Waals surface area contributed by atoms with Crippen molar-refractivity contribution in [3.05, 3.63) is 24.3 Å². The van der Waals surface area contributed by atoms with E-state index in [9.17, 15) is 4.79 Å². The molecule has 12 heavy (non-hydrogen) atoms. The summed E-state index contributed by atoms with van der Waals surface area (Å²) in [6.07, 6.45) is 2.66. The molecule has 1 N–H and O–H groups in total. The number of rotatable bonds is 3. The first-order valence-electron chi connectivity index (χ1n) is 3.20. The fourth-order valence-corrected chi connectivity index (χ4v) is 0.765. The molecule has 1 aromatic heterocycles. The molecule has 1 atom stereocenters. The summed E-state index contributed by atoms with van der Waals surface area (Å²) >= 11 is 0. The summed E-state index contributed by atoms with van der Waals surface area (Å²) < 4.78 is 4.69. The lowest BCUT2D eigenvalue weighted by Crippen LogP contribution is -2.14. The Morgan fingerprint density at radius 2 is 2.58 bits per heavy atom. The summed E-state index contributed by atoms with van der Waals surface area (Å²) in [5.74, 6) is -1.08. The predicted molar refractivity (Wildman–Crippen MR) is 38.3 cm³/mol. The number of nitrogens with zero attached hydrogens (tertiary/aromatic N) is 2. The van der Waals surface area contributed by atoms with Crippen LogP contribution in [0.25, 0.3) is 0 Å². The molecule has 0 aliphatic rings. The maximum absolute atomic E-state index is 10.5. The Morgan fingerprint density at radius 3 is 3.00 bits per heavy atom. The second kappa shape index (κ2) is 3.77. The fraction of sp³-hybridized carbons (Fsp3) is 0.286. The molecule has 63 valence electrons. The SMILES string of the molecule is COC(C(=O)O)c1ccn[c]n1. The summed E-state index contributed by atoms with van der Waals surface area (Å²) in [4.78, 5) is 17.7. The molecule has 1 rings (SSSR count). The Bertz CT molecular complexity index is 263. The molecule has 0 fully saturated rings. The first-order chi connectivity index (χ1) is 5.75. The van der Waals surface area contributed by atoms with E-state index in [0.29, 0.717) is 5.69 Å². The van der Waals surface area contributed by atoms with Crippen LogP contribution >= 0.6 is 0 Å². The average molecular weight is 167 g/mol. The number of aromatic nitrogens is 2. The molecule has 1 heterocycles. The third kappa shape index (κ3) is 1.76. The minimum atomic E-state index is -1.08. The van der Waals surface area contributed by atoms with E-state index in [1.165, 1.54) is 19.4 Å². The van der Waals surface area contributed by atoms with Crippen LogP contribution in [0.3, 0.4) is 0 Å². The Kier molecular flexibility index (Phi) is 2.71. The van der Waals surface area contributed by atoms with Crippen molar-refractivity contribution in [3.8, 4) is 0 Å². The monoisotopic (exact) mass is 167 g/mol. The van der Waals surface area contributed by atoms with Gasteiger partial charge in [-0.2, -0.15) is 0 Å². The molecular weight excluding hydrogens is 160 g/mol. The van der Waals surface area contributed by atoms with Gasteiger partial charge in [-0.1, -0.05) is 0 Å². The van der Waals surface area contributed by atoms with Crippen molar-refractivity contribution in [3.63, 3.8) is 0 Å². The number of carboxylic acid groups (broad SMARTS) is 1. The molecule has 0 saturated carbocycles. The summed E-state index contributed by atoms with van der Waals surface area (Å²) in [7, 11) is 1.31. The molecule has 1 radical (unpaired) electrons. The van der Waals surface area contributed by atoms with Crippen molar-refractivity contribution in [2.45, 2.75) is 6.10 Å². The van der Waals surface area contributed by atoms with Crippen LogP contribution in [0.1, 0.15) is 11.8 Å². The highest BCUT2D eigenvalue weighted by molar-refractivity contribution is 5.73. The van der Waals surface area contributed by atoms with Gasteiger partial charge < -0.3 is 9.84 Å². The molecule has 0 aliphatic carbocycles. The van der Waals surface area contributed by atoms with Gasteiger partial charge in [-0.05, 0) is 6.07 Å². The molecule has 0 aromatic carbocycles. The molecule has 5 nitrogen and oxygen atoms in total. The third-order valence-electron chi connectivity index (χ3n) is 1.29. The van der Waals surface area contributed by atoms with Gasteiger partial charge in [0.15, 0.2) is 12.4 Å². The molecule has 1 unspecified atom stereocenters. The molecule has 0 aliphatic heterocycles. The van der Waals surface area contributed by atoms with Gasteiger partial charge in [0.1, 0.15) is 0 Å². The molecule has 0 bridgehead atoms. The predicted octanol–water partition coefficient (Wildman–Crippen LogP) is 0.0489. The number of carboxylic acids is 1. The highest BCUT2D eigenvalue weighted by Crippen LogP contribution is 2.11. The quantitative estimate of drug-likeness (QED) is 0.688. The Hall–Kier alpha value is -1.49. The lowest BCUT2D eigenvalue weighted by molar-refractivity contribution is -0.149. The van der Waals surface area contributed by atoms with Crippen LogP contribution in [-0.4, -0.2) is 28.2 Å². The van der Waals surface area contributed by atoms with Crippen LogP contribution in [0, 0.1) is 6.33 Å². The van der Waals surface area contributed by atoms with E-state index in [-0.39, 0.29) is 0 Å². The number of carbonyl (C=O) groups is 1. The van der Waals surface area contributed by atoms with Crippen molar-refractivity contribution in [2.75, 3.05) is 7.11 Å². The fourth-order valence-electron chi connectivity index (χ4n) is 0.765. The first-order valence-corrected chi connectivity index (χ1v) is 3.20. The second-order valence-corrected chi connectivity index (χ2v) is 2.04. The van der Waals surface area contributed by atoms with Crippen LogP contribution in [-0.2, 0) is 9.53 Å². The van der Waals surface area contributed by atoms with Gasteiger partial charge in [0.25, 0.3) is 0 Å². The van der Waals surface area contributed by atoms with E-state index >= 15 is 0 Å². The number of hydrogen-bond acceptors (Lipinski definition) is 4. The van der Waals surface area contributed by atoms with E-state index in [4.69, 9.17) is 5.11 Å². The molecule has 0 amide bonds. The standard InChI is InChI=1S/C7H7N2O3/c1-12-6(7(10)11)5-2-3-8-4-9-5/h2-3,6H,1H3,(H,10,11). The largest absolute Gasteiger partial charge is 0.479 e. The zero-order valence-electron chi connectivity index (χ0n) is 6.39. The van der Waals surface area contributed by atoms with Crippen molar-refractivity contribution < 1.29 is 14.6 Å². The lowest BCUT2D eigenvalue weighted by Gasteiger charge is -2.07. The maximum atomic E-state index is 10.5. The Labute approximate surface area is 69.0 Å². The summed E-state index contributed by atoms with van der Waals surface area (Å²) in [6.45, 7) is 0. The van der Waals surface area contributed by atoms with Gasteiger partial charge in [0.05, 0.1) is 5.69 Å². The average Bonchev–Trinajstić information content (AvgIpc) is 2.07. The molecule has 0 saturated heterocycles. The molecule has 0 spiro atoms.